The van der Waals surface area contributed by atoms with Gasteiger partial charge in [-0.3, -0.25) is 4.79 Å². The molecule has 1 N–H and O–H groups in total. The molecule has 0 aliphatic carbocycles. The van der Waals surface area contributed by atoms with Gasteiger partial charge in [0.05, 0.1) is 4.90 Å². The van der Waals surface area contributed by atoms with E-state index in [9.17, 15) is 13.2 Å². The molecule has 0 radical (unpaired) electrons. The van der Waals surface area contributed by atoms with E-state index in [1.807, 2.05) is 18.2 Å². The molecular weight excluding hydrogens is 400 g/mol. The standard InChI is InChI=1S/C20H23ClN2O4S/c21-19-7-3-2-6-16(19)14-22-20(24)15-27-17-8-10-18(11-9-17)28(25,26)23-12-4-1-5-13-23/h2-3,6-11H,1,4-5,12-15H2,(H,22,24). The highest BCUT2D eigenvalue weighted by Gasteiger charge is 2.25. The predicted molar refractivity (Wildman–Crippen MR) is 108 cm³/mol. The minimum absolute atomic E-state index is 0.164. The van der Waals surface area contributed by atoms with Crippen molar-refractivity contribution in [3.63, 3.8) is 0 Å². The van der Waals surface area contributed by atoms with E-state index in [0.717, 1.165) is 24.8 Å². The van der Waals surface area contributed by atoms with Crippen LogP contribution >= 0.6 is 11.6 Å². The van der Waals surface area contributed by atoms with Gasteiger partial charge in [-0.05, 0) is 48.7 Å². The van der Waals surface area contributed by atoms with E-state index < -0.39 is 10.0 Å². The van der Waals surface area contributed by atoms with Crippen molar-refractivity contribution in [1.82, 2.24) is 9.62 Å². The molecule has 0 bridgehead atoms. The van der Waals surface area contributed by atoms with Gasteiger partial charge in [-0.25, -0.2) is 8.42 Å². The fourth-order valence-corrected chi connectivity index (χ4v) is 4.72. The maximum absolute atomic E-state index is 12.6. The average Bonchev–Trinajstić information content (AvgIpc) is 2.72. The van der Waals surface area contributed by atoms with Crippen molar-refractivity contribution in [2.24, 2.45) is 0 Å². The fraction of sp³-hybridized carbons (Fsp3) is 0.350. The topological polar surface area (TPSA) is 75.7 Å². The average molecular weight is 423 g/mol. The molecule has 1 amide bonds. The maximum Gasteiger partial charge on any atom is 0.258 e. The Balaban J connectivity index is 1.51. The van der Waals surface area contributed by atoms with E-state index in [2.05, 4.69) is 5.32 Å². The lowest BCUT2D eigenvalue weighted by molar-refractivity contribution is -0.123. The Bertz CT molecular complexity index is 910. The second kappa shape index (κ2) is 9.41. The molecule has 3 rings (SSSR count). The van der Waals surface area contributed by atoms with Crippen LogP contribution in [0.1, 0.15) is 24.8 Å². The molecule has 0 saturated carbocycles. The summed E-state index contributed by atoms with van der Waals surface area (Å²) >= 11 is 6.05. The second-order valence-corrected chi connectivity index (χ2v) is 8.94. The molecule has 2 aromatic carbocycles. The Labute approximate surface area is 170 Å². The molecule has 2 aromatic rings. The molecule has 28 heavy (non-hydrogen) atoms. The first-order valence-electron chi connectivity index (χ1n) is 9.20. The zero-order chi connectivity index (χ0) is 20.0. The summed E-state index contributed by atoms with van der Waals surface area (Å²) < 4.78 is 32.2. The van der Waals surface area contributed by atoms with Crippen molar-refractivity contribution >= 4 is 27.5 Å². The number of ether oxygens (including phenoxy) is 1. The highest BCUT2D eigenvalue weighted by Crippen LogP contribution is 2.22. The number of piperidine rings is 1. The van der Waals surface area contributed by atoms with E-state index in [0.29, 0.717) is 30.4 Å². The van der Waals surface area contributed by atoms with Gasteiger partial charge in [0, 0.05) is 24.7 Å². The van der Waals surface area contributed by atoms with Crippen LogP contribution in [0.5, 0.6) is 5.75 Å². The van der Waals surface area contributed by atoms with Crippen LogP contribution in [0.3, 0.4) is 0 Å². The summed E-state index contributed by atoms with van der Waals surface area (Å²) in [5.41, 5.74) is 0.824. The van der Waals surface area contributed by atoms with Gasteiger partial charge in [-0.1, -0.05) is 36.2 Å². The number of halogens is 1. The lowest BCUT2D eigenvalue weighted by atomic mass is 10.2. The van der Waals surface area contributed by atoms with Crippen LogP contribution in [0, 0.1) is 0 Å². The Morgan fingerprint density at radius 3 is 2.39 bits per heavy atom. The van der Waals surface area contributed by atoms with Crippen molar-refractivity contribution in [3.8, 4) is 5.75 Å². The Kier molecular flexibility index (Phi) is 6.93. The van der Waals surface area contributed by atoms with E-state index in [1.54, 1.807) is 18.2 Å². The van der Waals surface area contributed by atoms with Gasteiger partial charge in [0.15, 0.2) is 6.61 Å². The lowest BCUT2D eigenvalue weighted by Crippen LogP contribution is -2.35. The van der Waals surface area contributed by atoms with Crippen molar-refractivity contribution < 1.29 is 17.9 Å². The van der Waals surface area contributed by atoms with E-state index in [4.69, 9.17) is 16.3 Å². The summed E-state index contributed by atoms with van der Waals surface area (Å²) in [7, 11) is -3.47. The Hall–Kier alpha value is -2.09. The van der Waals surface area contributed by atoms with Crippen molar-refractivity contribution in [2.45, 2.75) is 30.7 Å². The van der Waals surface area contributed by atoms with Gasteiger partial charge in [-0.15, -0.1) is 0 Å². The minimum atomic E-state index is -3.47. The molecule has 0 spiro atoms. The molecular formula is C20H23ClN2O4S. The normalized spacial score (nSPS) is 15.2. The Morgan fingerprint density at radius 1 is 1.04 bits per heavy atom. The number of sulfonamides is 1. The highest BCUT2D eigenvalue weighted by molar-refractivity contribution is 7.89. The Morgan fingerprint density at radius 2 is 1.71 bits per heavy atom. The SMILES string of the molecule is O=C(COc1ccc(S(=O)(=O)N2CCCCC2)cc1)NCc1ccccc1Cl. The number of carbonyl (C=O) groups excluding carboxylic acids is 1. The van der Waals surface area contributed by atoms with Gasteiger partial charge >= 0.3 is 0 Å². The summed E-state index contributed by atoms with van der Waals surface area (Å²) in [5, 5.41) is 3.33. The van der Waals surface area contributed by atoms with Crippen LogP contribution in [0.15, 0.2) is 53.4 Å². The summed E-state index contributed by atoms with van der Waals surface area (Å²) in [6, 6.07) is 13.4. The third-order valence-corrected chi connectivity index (χ3v) is 6.86. The van der Waals surface area contributed by atoms with E-state index >= 15 is 0 Å². The van der Waals surface area contributed by atoms with Crippen LogP contribution in [0.25, 0.3) is 0 Å². The molecule has 1 heterocycles. The van der Waals surface area contributed by atoms with Gasteiger partial charge in [0.1, 0.15) is 5.75 Å². The molecule has 6 nitrogen and oxygen atoms in total. The first-order chi connectivity index (χ1) is 13.5. The van der Waals surface area contributed by atoms with Gasteiger partial charge in [-0.2, -0.15) is 4.31 Å². The van der Waals surface area contributed by atoms with Crippen LogP contribution < -0.4 is 10.1 Å². The molecule has 8 heteroatoms. The van der Waals surface area contributed by atoms with Crippen LogP contribution in [0.2, 0.25) is 5.02 Å². The number of rotatable bonds is 7. The molecule has 0 unspecified atom stereocenters. The maximum atomic E-state index is 12.6. The number of hydrogen-bond acceptors (Lipinski definition) is 4. The lowest BCUT2D eigenvalue weighted by Gasteiger charge is -2.25. The summed E-state index contributed by atoms with van der Waals surface area (Å²) in [5.74, 6) is 0.149. The van der Waals surface area contributed by atoms with Crippen LogP contribution in [-0.4, -0.2) is 38.3 Å². The second-order valence-electron chi connectivity index (χ2n) is 6.59. The molecule has 1 saturated heterocycles. The van der Waals surface area contributed by atoms with E-state index in [1.165, 1.54) is 16.4 Å². The minimum Gasteiger partial charge on any atom is -0.484 e. The highest BCUT2D eigenvalue weighted by atomic mass is 35.5. The zero-order valence-electron chi connectivity index (χ0n) is 15.4. The molecule has 1 aliphatic heterocycles. The predicted octanol–water partition coefficient (Wildman–Crippen LogP) is 3.21. The monoisotopic (exact) mass is 422 g/mol. The number of hydrogen-bond donors (Lipinski definition) is 1. The fourth-order valence-electron chi connectivity index (χ4n) is 3.00. The van der Waals surface area contributed by atoms with Gasteiger partial charge in [0.25, 0.3) is 5.91 Å². The number of carbonyl (C=O) groups is 1. The largest absolute Gasteiger partial charge is 0.484 e. The molecule has 0 aromatic heterocycles. The molecule has 1 aliphatic rings. The van der Waals surface area contributed by atoms with Crippen LogP contribution in [-0.2, 0) is 21.4 Å². The smallest absolute Gasteiger partial charge is 0.258 e. The molecule has 1 fully saturated rings. The molecule has 0 atom stereocenters. The third kappa shape index (κ3) is 5.25. The quantitative estimate of drug-likeness (QED) is 0.743. The summed E-state index contributed by atoms with van der Waals surface area (Å²) in [6.45, 7) is 1.27. The van der Waals surface area contributed by atoms with Crippen molar-refractivity contribution in [1.29, 1.82) is 0 Å². The zero-order valence-corrected chi connectivity index (χ0v) is 17.0. The first-order valence-corrected chi connectivity index (χ1v) is 11.0. The van der Waals surface area contributed by atoms with Gasteiger partial charge in [0.2, 0.25) is 10.0 Å². The number of benzene rings is 2. The number of amides is 1. The van der Waals surface area contributed by atoms with Crippen molar-refractivity contribution in [2.75, 3.05) is 19.7 Å². The van der Waals surface area contributed by atoms with Crippen LogP contribution in [0.4, 0.5) is 0 Å². The molecule has 150 valence electrons. The third-order valence-electron chi connectivity index (χ3n) is 4.58. The first kappa shape index (κ1) is 20.6. The van der Waals surface area contributed by atoms with Gasteiger partial charge < -0.3 is 10.1 Å². The van der Waals surface area contributed by atoms with E-state index in [-0.39, 0.29) is 17.4 Å². The number of nitrogens with zero attached hydrogens (tertiary/aromatic N) is 1. The summed E-state index contributed by atoms with van der Waals surface area (Å²) in [6.07, 6.45) is 2.85. The summed E-state index contributed by atoms with van der Waals surface area (Å²) in [4.78, 5) is 12.2. The number of nitrogens with one attached hydrogen (secondary N) is 1. The van der Waals surface area contributed by atoms with Crippen molar-refractivity contribution in [3.05, 3.63) is 59.1 Å².